The molecule has 1 fully saturated rings. The highest BCUT2D eigenvalue weighted by Crippen LogP contribution is 2.15. The zero-order valence-electron chi connectivity index (χ0n) is 9.41. The second-order valence-electron chi connectivity index (χ2n) is 3.99. The first-order valence-electron chi connectivity index (χ1n) is 5.34. The van der Waals surface area contributed by atoms with Gasteiger partial charge in [0.15, 0.2) is 0 Å². The topological polar surface area (TPSA) is 73.6 Å². The SMILES string of the molecule is CCOCC(C)NC(=O)C1(N)CCOC1. The third-order valence-corrected chi connectivity index (χ3v) is 2.45. The Morgan fingerprint density at radius 2 is 2.47 bits per heavy atom. The van der Waals surface area contributed by atoms with Gasteiger partial charge in [0.05, 0.1) is 13.2 Å². The first kappa shape index (κ1) is 12.4. The molecule has 15 heavy (non-hydrogen) atoms. The van der Waals surface area contributed by atoms with E-state index < -0.39 is 5.54 Å². The number of amides is 1. The van der Waals surface area contributed by atoms with Gasteiger partial charge in [-0.3, -0.25) is 4.79 Å². The fourth-order valence-corrected chi connectivity index (χ4v) is 1.46. The molecule has 1 rings (SSSR count). The predicted octanol–water partition coefficient (Wildman–Crippen LogP) is -0.355. The van der Waals surface area contributed by atoms with Crippen LogP contribution < -0.4 is 11.1 Å². The second kappa shape index (κ2) is 5.44. The molecule has 0 radical (unpaired) electrons. The summed E-state index contributed by atoms with van der Waals surface area (Å²) in [6.07, 6.45) is 0.584. The third-order valence-electron chi connectivity index (χ3n) is 2.45. The van der Waals surface area contributed by atoms with E-state index in [4.69, 9.17) is 15.2 Å². The molecule has 2 atom stereocenters. The maximum absolute atomic E-state index is 11.8. The highest BCUT2D eigenvalue weighted by molar-refractivity contribution is 5.86. The molecule has 0 aromatic heterocycles. The summed E-state index contributed by atoms with van der Waals surface area (Å²) in [5.74, 6) is -0.146. The molecule has 88 valence electrons. The molecule has 2 unspecified atom stereocenters. The standard InChI is InChI=1S/C10H20N2O3/c1-3-14-6-8(2)12-9(13)10(11)4-5-15-7-10/h8H,3-7,11H2,1-2H3,(H,12,13). The zero-order chi connectivity index (χ0) is 11.3. The maximum atomic E-state index is 11.8. The van der Waals surface area contributed by atoms with E-state index >= 15 is 0 Å². The molecule has 0 saturated carbocycles. The zero-order valence-corrected chi connectivity index (χ0v) is 9.41. The number of nitrogens with two attached hydrogens (primary N) is 1. The first-order chi connectivity index (χ1) is 7.08. The molecule has 0 aromatic carbocycles. The van der Waals surface area contributed by atoms with Gasteiger partial charge in [0.2, 0.25) is 5.91 Å². The molecule has 1 aliphatic rings. The molecule has 1 saturated heterocycles. The molecule has 5 heteroatoms. The summed E-state index contributed by atoms with van der Waals surface area (Å²) < 4.78 is 10.3. The molecule has 0 spiro atoms. The Labute approximate surface area is 90.3 Å². The predicted molar refractivity (Wildman–Crippen MR) is 56.5 cm³/mol. The van der Waals surface area contributed by atoms with E-state index in [2.05, 4.69) is 5.32 Å². The van der Waals surface area contributed by atoms with Gasteiger partial charge in [0.25, 0.3) is 0 Å². The van der Waals surface area contributed by atoms with Gasteiger partial charge in [-0.25, -0.2) is 0 Å². The van der Waals surface area contributed by atoms with Gasteiger partial charge in [-0.05, 0) is 20.3 Å². The number of hydrogen-bond donors (Lipinski definition) is 2. The fourth-order valence-electron chi connectivity index (χ4n) is 1.46. The van der Waals surface area contributed by atoms with E-state index in [1.54, 1.807) is 0 Å². The van der Waals surface area contributed by atoms with Gasteiger partial charge in [-0.2, -0.15) is 0 Å². The minimum absolute atomic E-state index is 0.0153. The largest absolute Gasteiger partial charge is 0.380 e. The first-order valence-corrected chi connectivity index (χ1v) is 5.34. The Morgan fingerprint density at radius 3 is 3.00 bits per heavy atom. The Balaban J connectivity index is 2.34. The van der Waals surface area contributed by atoms with Crippen molar-refractivity contribution in [2.45, 2.75) is 31.8 Å². The van der Waals surface area contributed by atoms with Gasteiger partial charge < -0.3 is 20.5 Å². The molecule has 1 amide bonds. The Kier molecular flexibility index (Phi) is 4.50. The molecule has 0 aliphatic carbocycles. The van der Waals surface area contributed by atoms with Crippen molar-refractivity contribution in [3.05, 3.63) is 0 Å². The number of nitrogens with one attached hydrogen (secondary N) is 1. The lowest BCUT2D eigenvalue weighted by Gasteiger charge is -2.23. The van der Waals surface area contributed by atoms with Gasteiger partial charge >= 0.3 is 0 Å². The molecule has 3 N–H and O–H groups in total. The van der Waals surface area contributed by atoms with Crippen LogP contribution >= 0.6 is 0 Å². The molecule has 1 heterocycles. The van der Waals surface area contributed by atoms with Crippen LogP contribution in [0.4, 0.5) is 0 Å². The van der Waals surface area contributed by atoms with Crippen LogP contribution in [0.15, 0.2) is 0 Å². The average molecular weight is 216 g/mol. The smallest absolute Gasteiger partial charge is 0.242 e. The van der Waals surface area contributed by atoms with Crippen LogP contribution in [0.3, 0.4) is 0 Å². The fraction of sp³-hybridized carbons (Fsp3) is 0.900. The van der Waals surface area contributed by atoms with Crippen LogP contribution in [-0.4, -0.2) is 43.9 Å². The quantitative estimate of drug-likeness (QED) is 0.658. The van der Waals surface area contributed by atoms with Gasteiger partial charge in [0, 0.05) is 19.3 Å². The van der Waals surface area contributed by atoms with Crippen molar-refractivity contribution in [2.24, 2.45) is 5.73 Å². The van der Waals surface area contributed by atoms with Crippen molar-refractivity contribution < 1.29 is 14.3 Å². The van der Waals surface area contributed by atoms with Crippen LogP contribution in [0.5, 0.6) is 0 Å². The molecule has 1 aliphatic heterocycles. The summed E-state index contributed by atoms with van der Waals surface area (Å²) >= 11 is 0. The normalized spacial score (nSPS) is 27.7. The lowest BCUT2D eigenvalue weighted by atomic mass is 9.99. The minimum Gasteiger partial charge on any atom is -0.380 e. The van der Waals surface area contributed by atoms with Crippen LogP contribution in [0, 0.1) is 0 Å². The van der Waals surface area contributed by atoms with E-state index in [-0.39, 0.29) is 11.9 Å². The van der Waals surface area contributed by atoms with Gasteiger partial charge in [-0.15, -0.1) is 0 Å². The molecular weight excluding hydrogens is 196 g/mol. The van der Waals surface area contributed by atoms with Crippen molar-refractivity contribution in [1.29, 1.82) is 0 Å². The summed E-state index contributed by atoms with van der Waals surface area (Å²) in [5.41, 5.74) is 5.05. The summed E-state index contributed by atoms with van der Waals surface area (Å²) in [7, 11) is 0. The Bertz CT molecular complexity index is 215. The summed E-state index contributed by atoms with van der Waals surface area (Å²) in [4.78, 5) is 11.8. The number of hydrogen-bond acceptors (Lipinski definition) is 4. The number of rotatable bonds is 5. The van der Waals surface area contributed by atoms with E-state index in [9.17, 15) is 4.79 Å². The van der Waals surface area contributed by atoms with Crippen molar-refractivity contribution in [3.8, 4) is 0 Å². The third kappa shape index (κ3) is 3.44. The minimum atomic E-state index is -0.847. The van der Waals surface area contributed by atoms with E-state index in [1.165, 1.54) is 0 Å². The van der Waals surface area contributed by atoms with E-state index in [0.29, 0.717) is 32.8 Å². The number of carbonyl (C=O) groups excluding carboxylic acids is 1. The van der Waals surface area contributed by atoms with Crippen molar-refractivity contribution >= 4 is 5.91 Å². The molecule has 5 nitrogen and oxygen atoms in total. The summed E-state index contributed by atoms with van der Waals surface area (Å²) in [6.45, 7) is 5.84. The highest BCUT2D eigenvalue weighted by Gasteiger charge is 2.38. The molecule has 0 aromatic rings. The van der Waals surface area contributed by atoms with Crippen LogP contribution in [0.25, 0.3) is 0 Å². The van der Waals surface area contributed by atoms with E-state index in [1.807, 2.05) is 13.8 Å². The van der Waals surface area contributed by atoms with Crippen LogP contribution in [0.2, 0.25) is 0 Å². The van der Waals surface area contributed by atoms with Crippen LogP contribution in [-0.2, 0) is 14.3 Å². The average Bonchev–Trinajstić information content (AvgIpc) is 2.63. The summed E-state index contributed by atoms with van der Waals surface area (Å²) in [6, 6.07) is -0.0153. The Morgan fingerprint density at radius 1 is 1.73 bits per heavy atom. The maximum Gasteiger partial charge on any atom is 0.242 e. The second-order valence-corrected chi connectivity index (χ2v) is 3.99. The van der Waals surface area contributed by atoms with Crippen molar-refractivity contribution in [1.82, 2.24) is 5.32 Å². The lowest BCUT2D eigenvalue weighted by Crippen LogP contribution is -2.56. The molecule has 0 bridgehead atoms. The Hall–Kier alpha value is -0.650. The molecular formula is C10H20N2O3. The summed E-state index contributed by atoms with van der Waals surface area (Å²) in [5, 5.41) is 2.83. The van der Waals surface area contributed by atoms with Crippen LogP contribution in [0.1, 0.15) is 20.3 Å². The highest BCUT2D eigenvalue weighted by atomic mass is 16.5. The van der Waals surface area contributed by atoms with Gasteiger partial charge in [-0.1, -0.05) is 0 Å². The van der Waals surface area contributed by atoms with Crippen molar-refractivity contribution in [2.75, 3.05) is 26.4 Å². The van der Waals surface area contributed by atoms with Gasteiger partial charge in [0.1, 0.15) is 5.54 Å². The number of carbonyl (C=O) groups is 1. The van der Waals surface area contributed by atoms with E-state index in [0.717, 1.165) is 0 Å². The monoisotopic (exact) mass is 216 g/mol. The number of ether oxygens (including phenoxy) is 2. The van der Waals surface area contributed by atoms with Crippen molar-refractivity contribution in [3.63, 3.8) is 0 Å². The lowest BCUT2D eigenvalue weighted by molar-refractivity contribution is -0.127.